The van der Waals surface area contributed by atoms with E-state index in [0.717, 1.165) is 5.56 Å². The van der Waals surface area contributed by atoms with Crippen LogP contribution in [0.1, 0.15) is 16.7 Å². The van der Waals surface area contributed by atoms with Crippen LogP contribution in [-0.2, 0) is 23.0 Å². The second kappa shape index (κ2) is 6.80. The zero-order chi connectivity index (χ0) is 19.0. The average Bonchev–Trinajstić information content (AvgIpc) is 2.63. The highest BCUT2D eigenvalue weighted by atomic mass is 32.2. The molecule has 0 unspecified atom stereocenters. The van der Waals surface area contributed by atoms with Gasteiger partial charge in [-0.25, -0.2) is 0 Å². The maximum atomic E-state index is 11.7. The monoisotopic (exact) mass is 376 g/mol. The van der Waals surface area contributed by atoms with Gasteiger partial charge in [0.25, 0.3) is 10.1 Å². The largest absolute Gasteiger partial charge is 0.294 e. The molecule has 0 aliphatic rings. The van der Waals surface area contributed by atoms with Crippen LogP contribution in [0.15, 0.2) is 77.7 Å². The third-order valence-electron chi connectivity index (χ3n) is 4.99. The van der Waals surface area contributed by atoms with Gasteiger partial charge in [-0.05, 0) is 70.6 Å². The molecule has 4 aromatic rings. The lowest BCUT2D eigenvalue weighted by molar-refractivity contribution is 0.482. The molecule has 0 aliphatic heterocycles. The third kappa shape index (κ3) is 3.59. The van der Waals surface area contributed by atoms with Crippen molar-refractivity contribution in [2.45, 2.75) is 24.7 Å². The summed E-state index contributed by atoms with van der Waals surface area (Å²) < 4.78 is 32.9. The molecule has 3 nitrogen and oxygen atoms in total. The predicted octanol–water partition coefficient (Wildman–Crippen LogP) is 5.33. The van der Waals surface area contributed by atoms with Gasteiger partial charge in [-0.2, -0.15) is 8.42 Å². The van der Waals surface area contributed by atoms with Gasteiger partial charge in [-0.15, -0.1) is 0 Å². The van der Waals surface area contributed by atoms with Gasteiger partial charge < -0.3 is 0 Å². The van der Waals surface area contributed by atoms with Gasteiger partial charge in [-0.3, -0.25) is 4.55 Å². The SMILES string of the molecule is Cc1ccc(S(=O)(=O)O)c(CCc2cccc3cc4ccccc4cc23)c1. The first-order chi connectivity index (χ1) is 12.9. The van der Waals surface area contributed by atoms with Crippen LogP contribution in [-0.4, -0.2) is 13.0 Å². The fourth-order valence-electron chi connectivity index (χ4n) is 3.67. The fraction of sp³-hybridized carbons (Fsp3) is 0.130. The summed E-state index contributed by atoms with van der Waals surface area (Å²) in [5, 5.41) is 4.74. The van der Waals surface area contributed by atoms with Crippen LogP contribution in [0.25, 0.3) is 21.5 Å². The quantitative estimate of drug-likeness (QED) is 0.387. The van der Waals surface area contributed by atoms with Crippen LogP contribution >= 0.6 is 0 Å². The van der Waals surface area contributed by atoms with E-state index in [2.05, 4.69) is 36.4 Å². The van der Waals surface area contributed by atoms with Crippen molar-refractivity contribution in [2.75, 3.05) is 0 Å². The van der Waals surface area contributed by atoms with Crippen molar-refractivity contribution >= 4 is 31.7 Å². The molecule has 0 heterocycles. The molecule has 136 valence electrons. The molecule has 4 rings (SSSR count). The van der Waals surface area contributed by atoms with Crippen LogP contribution in [0, 0.1) is 6.92 Å². The minimum Gasteiger partial charge on any atom is -0.282 e. The molecule has 27 heavy (non-hydrogen) atoms. The van der Waals surface area contributed by atoms with Crippen LogP contribution in [0.2, 0.25) is 0 Å². The zero-order valence-electron chi connectivity index (χ0n) is 15.0. The Morgan fingerprint density at radius 3 is 2.15 bits per heavy atom. The van der Waals surface area contributed by atoms with E-state index >= 15 is 0 Å². The van der Waals surface area contributed by atoms with Crippen molar-refractivity contribution in [3.05, 3.63) is 89.5 Å². The molecule has 4 heteroatoms. The predicted molar refractivity (Wildman–Crippen MR) is 110 cm³/mol. The van der Waals surface area contributed by atoms with Gasteiger partial charge in [-0.1, -0.05) is 60.2 Å². The van der Waals surface area contributed by atoms with Gasteiger partial charge in [0.05, 0.1) is 4.90 Å². The maximum absolute atomic E-state index is 11.7. The van der Waals surface area contributed by atoms with Crippen LogP contribution in [0.3, 0.4) is 0 Å². The van der Waals surface area contributed by atoms with Gasteiger partial charge in [0, 0.05) is 0 Å². The molecule has 0 radical (unpaired) electrons. The minimum absolute atomic E-state index is 0.00112. The van der Waals surface area contributed by atoms with Crippen LogP contribution in [0.5, 0.6) is 0 Å². The summed E-state index contributed by atoms with van der Waals surface area (Å²) in [5.74, 6) is 0. The van der Waals surface area contributed by atoms with Gasteiger partial charge in [0.2, 0.25) is 0 Å². The number of aryl methyl sites for hydroxylation is 3. The van der Waals surface area contributed by atoms with E-state index in [1.54, 1.807) is 6.07 Å². The molecule has 0 aromatic heterocycles. The smallest absolute Gasteiger partial charge is 0.282 e. The molecule has 0 aliphatic carbocycles. The lowest BCUT2D eigenvalue weighted by Gasteiger charge is -2.11. The van der Waals surface area contributed by atoms with Gasteiger partial charge >= 0.3 is 0 Å². The zero-order valence-corrected chi connectivity index (χ0v) is 15.8. The number of hydrogen-bond donors (Lipinski definition) is 1. The molecule has 0 bridgehead atoms. The van der Waals surface area contributed by atoms with Crippen molar-refractivity contribution in [1.29, 1.82) is 0 Å². The molecule has 0 saturated carbocycles. The molecular formula is C23H20O3S. The third-order valence-corrected chi connectivity index (χ3v) is 5.95. The Balaban J connectivity index is 1.75. The van der Waals surface area contributed by atoms with Crippen LogP contribution in [0.4, 0.5) is 0 Å². The van der Waals surface area contributed by atoms with E-state index in [1.165, 1.54) is 33.2 Å². The van der Waals surface area contributed by atoms with E-state index in [1.807, 2.05) is 31.2 Å². The standard InChI is InChI=1S/C23H20O3S/c1-16-9-12-23(27(24,25)26)21(13-16)11-10-17-7-4-8-20-14-18-5-2-3-6-19(18)15-22(17)20/h2-9,12-15H,10-11H2,1H3,(H,24,25,26). The highest BCUT2D eigenvalue weighted by molar-refractivity contribution is 7.85. The van der Waals surface area contributed by atoms with E-state index in [0.29, 0.717) is 18.4 Å². The first kappa shape index (κ1) is 17.7. The first-order valence-corrected chi connectivity index (χ1v) is 10.3. The summed E-state index contributed by atoms with van der Waals surface area (Å²) in [6.07, 6.45) is 1.24. The van der Waals surface area contributed by atoms with E-state index in [4.69, 9.17) is 0 Å². The van der Waals surface area contributed by atoms with E-state index in [9.17, 15) is 13.0 Å². The molecule has 0 spiro atoms. The van der Waals surface area contributed by atoms with Crippen molar-refractivity contribution in [1.82, 2.24) is 0 Å². The minimum atomic E-state index is -4.23. The summed E-state index contributed by atoms with van der Waals surface area (Å²) >= 11 is 0. The number of fused-ring (bicyclic) bond motifs is 2. The van der Waals surface area contributed by atoms with Crippen molar-refractivity contribution < 1.29 is 13.0 Å². The maximum Gasteiger partial charge on any atom is 0.294 e. The Bertz CT molecular complexity index is 1260. The summed E-state index contributed by atoms with van der Waals surface area (Å²) in [4.78, 5) is -0.00112. The lowest BCUT2D eigenvalue weighted by atomic mass is 9.95. The number of hydrogen-bond acceptors (Lipinski definition) is 2. The van der Waals surface area contributed by atoms with Gasteiger partial charge in [0.15, 0.2) is 0 Å². The normalized spacial score (nSPS) is 11.9. The summed E-state index contributed by atoms with van der Waals surface area (Å²) in [6, 6.07) is 23.9. The van der Waals surface area contributed by atoms with E-state index in [-0.39, 0.29) is 4.90 Å². The molecule has 0 saturated heterocycles. The Kier molecular flexibility index (Phi) is 4.46. The highest BCUT2D eigenvalue weighted by Crippen LogP contribution is 2.27. The molecule has 0 fully saturated rings. The Hall–Kier alpha value is -2.69. The molecule has 0 amide bonds. The topological polar surface area (TPSA) is 54.4 Å². The van der Waals surface area contributed by atoms with Gasteiger partial charge in [0.1, 0.15) is 0 Å². The van der Waals surface area contributed by atoms with Crippen LogP contribution < -0.4 is 0 Å². The fourth-order valence-corrected chi connectivity index (χ4v) is 4.41. The Morgan fingerprint density at radius 1 is 0.741 bits per heavy atom. The average molecular weight is 376 g/mol. The summed E-state index contributed by atoms with van der Waals surface area (Å²) in [5.41, 5.74) is 2.79. The molecule has 0 atom stereocenters. The second-order valence-corrected chi connectivity index (χ2v) is 8.31. The number of benzene rings is 4. The Labute approximate surface area is 159 Å². The van der Waals surface area contributed by atoms with Crippen molar-refractivity contribution in [3.63, 3.8) is 0 Å². The highest BCUT2D eigenvalue weighted by Gasteiger charge is 2.15. The molecule has 1 N–H and O–H groups in total. The lowest BCUT2D eigenvalue weighted by Crippen LogP contribution is -2.05. The van der Waals surface area contributed by atoms with Crippen molar-refractivity contribution in [3.8, 4) is 0 Å². The van der Waals surface area contributed by atoms with Crippen molar-refractivity contribution in [2.24, 2.45) is 0 Å². The molecular weight excluding hydrogens is 356 g/mol. The first-order valence-electron chi connectivity index (χ1n) is 8.89. The number of rotatable bonds is 4. The molecule has 4 aromatic carbocycles. The van der Waals surface area contributed by atoms with E-state index < -0.39 is 10.1 Å². The Morgan fingerprint density at radius 2 is 1.41 bits per heavy atom. The summed E-state index contributed by atoms with van der Waals surface area (Å²) in [6.45, 7) is 1.92. The summed E-state index contributed by atoms with van der Waals surface area (Å²) in [7, 11) is -4.23. The second-order valence-electron chi connectivity index (χ2n) is 6.92.